The lowest BCUT2D eigenvalue weighted by Crippen LogP contribution is -2.16. The summed E-state index contributed by atoms with van der Waals surface area (Å²) in [5.41, 5.74) is 9.74. The van der Waals surface area contributed by atoms with Crippen molar-refractivity contribution in [2.24, 2.45) is 5.73 Å². The molecule has 3 rings (SSSR count). The predicted octanol–water partition coefficient (Wildman–Crippen LogP) is 4.00. The Kier molecular flexibility index (Phi) is 8.67. The van der Waals surface area contributed by atoms with Crippen molar-refractivity contribution in [1.82, 2.24) is 4.37 Å². The van der Waals surface area contributed by atoms with Crippen LogP contribution in [-0.2, 0) is 11.2 Å². The highest BCUT2D eigenvalue weighted by atomic mass is 35.5. The van der Waals surface area contributed by atoms with Gasteiger partial charge in [0.25, 0.3) is 0 Å². The predicted molar refractivity (Wildman–Crippen MR) is 124 cm³/mol. The van der Waals surface area contributed by atoms with Crippen molar-refractivity contribution in [3.05, 3.63) is 41.3 Å². The number of nitrogens with zero attached hydrogens (tertiary/aromatic N) is 1. The van der Waals surface area contributed by atoms with Crippen molar-refractivity contribution < 1.29 is 23.7 Å². The lowest BCUT2D eigenvalue weighted by Gasteiger charge is -2.14. The van der Waals surface area contributed by atoms with Crippen LogP contribution in [0, 0.1) is 0 Å². The van der Waals surface area contributed by atoms with Crippen molar-refractivity contribution >= 4 is 29.7 Å². The van der Waals surface area contributed by atoms with E-state index in [1.54, 1.807) is 28.4 Å². The molecule has 0 amide bonds. The summed E-state index contributed by atoms with van der Waals surface area (Å²) in [5.74, 6) is 2.22. The number of aromatic nitrogens is 1. The van der Waals surface area contributed by atoms with Crippen molar-refractivity contribution in [3.8, 4) is 45.4 Å². The van der Waals surface area contributed by atoms with E-state index in [9.17, 15) is 4.79 Å². The van der Waals surface area contributed by atoms with E-state index in [1.165, 1.54) is 11.5 Å². The zero-order valence-corrected chi connectivity index (χ0v) is 19.4. The van der Waals surface area contributed by atoms with Crippen LogP contribution in [0.1, 0.15) is 5.56 Å². The minimum Gasteiger partial charge on any atom is -0.496 e. The van der Waals surface area contributed by atoms with Crippen molar-refractivity contribution in [2.45, 2.75) is 6.42 Å². The summed E-state index contributed by atoms with van der Waals surface area (Å²) >= 11 is 1.35. The summed E-state index contributed by atoms with van der Waals surface area (Å²) in [4.78, 5) is 11.9. The molecular weight excluding hydrogens is 440 g/mol. The summed E-state index contributed by atoms with van der Waals surface area (Å²) in [6.07, 6.45) is 0.213. The van der Waals surface area contributed by atoms with Gasteiger partial charge >= 0.3 is 0 Å². The quantitative estimate of drug-likeness (QED) is 0.511. The van der Waals surface area contributed by atoms with E-state index in [-0.39, 0.29) is 31.2 Å². The first-order valence-electron chi connectivity index (χ1n) is 9.20. The third-order valence-electron chi connectivity index (χ3n) is 4.71. The molecule has 0 spiro atoms. The molecule has 0 aliphatic heterocycles. The van der Waals surface area contributed by atoms with Gasteiger partial charge in [-0.3, -0.25) is 4.79 Å². The summed E-state index contributed by atoms with van der Waals surface area (Å²) in [7, 11) is 6.30. The fraction of sp³-hybridized carbons (Fsp3) is 0.273. The van der Waals surface area contributed by atoms with Gasteiger partial charge in [0.2, 0.25) is 5.75 Å². The maximum Gasteiger partial charge on any atom is 0.203 e. The number of ketones is 1. The summed E-state index contributed by atoms with van der Waals surface area (Å²) in [6, 6.07) is 9.47. The molecule has 166 valence electrons. The van der Waals surface area contributed by atoms with Crippen molar-refractivity contribution in [2.75, 3.05) is 35.0 Å². The second-order valence-corrected chi connectivity index (χ2v) is 7.07. The van der Waals surface area contributed by atoms with Gasteiger partial charge in [-0.1, -0.05) is 6.07 Å². The molecule has 0 atom stereocenters. The van der Waals surface area contributed by atoms with Crippen molar-refractivity contribution in [1.29, 1.82) is 0 Å². The van der Waals surface area contributed by atoms with E-state index in [4.69, 9.17) is 24.7 Å². The molecule has 3 aromatic rings. The highest BCUT2D eigenvalue weighted by Gasteiger charge is 2.19. The van der Waals surface area contributed by atoms with E-state index < -0.39 is 0 Å². The van der Waals surface area contributed by atoms with Crippen LogP contribution in [0.5, 0.6) is 23.0 Å². The number of halogens is 1. The van der Waals surface area contributed by atoms with Crippen LogP contribution in [-0.4, -0.2) is 45.1 Å². The average Bonchev–Trinajstić information content (AvgIpc) is 3.27. The van der Waals surface area contributed by atoms with Crippen LogP contribution >= 0.6 is 23.9 Å². The van der Waals surface area contributed by atoms with Gasteiger partial charge < -0.3 is 24.7 Å². The van der Waals surface area contributed by atoms with Gasteiger partial charge in [0.15, 0.2) is 17.3 Å². The minimum atomic E-state index is -0.0567. The molecule has 0 fully saturated rings. The molecular formula is C22H25ClN2O5S. The first kappa shape index (κ1) is 24.5. The topological polar surface area (TPSA) is 92.9 Å². The number of Topliss-reactive ketones (excluding diaryl/α,β-unsaturated/α-hetero) is 1. The molecule has 2 N–H and O–H groups in total. The fourth-order valence-electron chi connectivity index (χ4n) is 3.24. The number of hydrogen-bond donors (Lipinski definition) is 1. The molecule has 1 heterocycles. The fourth-order valence-corrected chi connectivity index (χ4v) is 3.95. The number of carbonyl (C=O) groups is 1. The Morgan fingerprint density at radius 3 is 2.13 bits per heavy atom. The SMILES string of the molecule is COc1ccc(-c2csnc2-c2cc(OC)c(OC)c(OC)c2)cc1CC(=O)CN.Cl. The highest BCUT2D eigenvalue weighted by Crippen LogP contribution is 2.43. The third-order valence-corrected chi connectivity index (χ3v) is 5.34. The largest absolute Gasteiger partial charge is 0.496 e. The molecule has 0 radical (unpaired) electrons. The molecule has 9 heteroatoms. The third kappa shape index (κ3) is 5.10. The van der Waals surface area contributed by atoms with Crippen LogP contribution in [0.25, 0.3) is 22.4 Å². The molecule has 2 aromatic carbocycles. The lowest BCUT2D eigenvalue weighted by atomic mass is 9.97. The molecule has 0 unspecified atom stereocenters. The van der Waals surface area contributed by atoms with Crippen LogP contribution in [0.2, 0.25) is 0 Å². The summed E-state index contributed by atoms with van der Waals surface area (Å²) in [5, 5.41) is 1.97. The smallest absolute Gasteiger partial charge is 0.203 e. The van der Waals surface area contributed by atoms with E-state index in [0.717, 1.165) is 27.9 Å². The average molecular weight is 465 g/mol. The van der Waals surface area contributed by atoms with E-state index in [1.807, 2.05) is 35.7 Å². The van der Waals surface area contributed by atoms with Gasteiger partial charge in [0.1, 0.15) is 5.75 Å². The zero-order valence-electron chi connectivity index (χ0n) is 17.8. The standard InChI is InChI=1S/C22H24N2O5S.ClH/c1-26-18-6-5-13(7-14(18)8-16(25)11-23)17-12-30-24-21(17)15-9-19(27-2)22(29-4)20(10-15)28-3;/h5-7,9-10,12H,8,11,23H2,1-4H3;1H. The number of carbonyl (C=O) groups excluding carboxylic acids is 1. The van der Waals surface area contributed by atoms with E-state index in [0.29, 0.717) is 23.0 Å². The normalized spacial score (nSPS) is 10.2. The number of benzene rings is 2. The van der Waals surface area contributed by atoms with E-state index in [2.05, 4.69) is 4.37 Å². The number of hydrogen-bond acceptors (Lipinski definition) is 8. The monoisotopic (exact) mass is 464 g/mol. The molecule has 31 heavy (non-hydrogen) atoms. The Morgan fingerprint density at radius 1 is 0.935 bits per heavy atom. The van der Waals surface area contributed by atoms with Crippen molar-refractivity contribution in [3.63, 3.8) is 0 Å². The molecule has 0 saturated carbocycles. The maximum absolute atomic E-state index is 11.9. The lowest BCUT2D eigenvalue weighted by molar-refractivity contribution is -0.117. The van der Waals surface area contributed by atoms with Gasteiger partial charge in [-0.2, -0.15) is 4.37 Å². The molecule has 1 aromatic heterocycles. The van der Waals surface area contributed by atoms with Crippen LogP contribution < -0.4 is 24.7 Å². The van der Waals surface area contributed by atoms with Gasteiger partial charge in [0, 0.05) is 28.5 Å². The number of methoxy groups -OCH3 is 4. The van der Waals surface area contributed by atoms with Crippen LogP contribution in [0.15, 0.2) is 35.7 Å². The summed E-state index contributed by atoms with van der Waals surface area (Å²) < 4.78 is 26.4. The number of rotatable bonds is 9. The Hall–Kier alpha value is -2.81. The second-order valence-electron chi connectivity index (χ2n) is 6.44. The van der Waals surface area contributed by atoms with Crippen LogP contribution in [0.4, 0.5) is 0 Å². The van der Waals surface area contributed by atoms with Gasteiger partial charge in [0.05, 0.1) is 40.7 Å². The minimum absolute atomic E-state index is 0. The van der Waals surface area contributed by atoms with Gasteiger partial charge in [-0.25, -0.2) is 0 Å². The Morgan fingerprint density at radius 2 is 1.58 bits per heavy atom. The van der Waals surface area contributed by atoms with Gasteiger partial charge in [-0.05, 0) is 41.4 Å². The molecule has 0 saturated heterocycles. The first-order valence-corrected chi connectivity index (χ1v) is 10.0. The number of ether oxygens (including phenoxy) is 4. The first-order chi connectivity index (χ1) is 14.6. The highest BCUT2D eigenvalue weighted by molar-refractivity contribution is 7.04. The molecule has 0 aliphatic carbocycles. The number of nitrogens with two attached hydrogens (primary N) is 1. The molecule has 0 bridgehead atoms. The second kappa shape index (κ2) is 11.0. The maximum atomic E-state index is 11.9. The molecule has 0 aliphatic rings. The Balaban J connectivity index is 0.00000341. The van der Waals surface area contributed by atoms with E-state index >= 15 is 0 Å². The molecule has 7 nitrogen and oxygen atoms in total. The Labute approximate surface area is 191 Å². The zero-order chi connectivity index (χ0) is 21.7. The summed E-state index contributed by atoms with van der Waals surface area (Å²) in [6.45, 7) is -0.00985. The van der Waals surface area contributed by atoms with Gasteiger partial charge in [-0.15, -0.1) is 12.4 Å². The van der Waals surface area contributed by atoms with Crippen LogP contribution in [0.3, 0.4) is 0 Å². The Bertz CT molecular complexity index is 1030.